The van der Waals surface area contributed by atoms with Crippen LogP contribution >= 0.6 is 11.6 Å². The van der Waals surface area contributed by atoms with E-state index in [1.807, 2.05) is 13.8 Å². The normalized spacial score (nSPS) is 12.8. The molecule has 0 radical (unpaired) electrons. The van der Waals surface area contributed by atoms with E-state index in [0.717, 1.165) is 12.7 Å². The van der Waals surface area contributed by atoms with Crippen LogP contribution in [0.5, 0.6) is 0 Å². The number of carbonyl (C=O) groups excluding carboxylic acids is 1. The third kappa shape index (κ3) is 5.08. The summed E-state index contributed by atoms with van der Waals surface area (Å²) in [5, 5.41) is 3.04. The van der Waals surface area contributed by atoms with Crippen LogP contribution in [0.4, 0.5) is 5.69 Å². The number of hydrogen-bond donors (Lipinski definition) is 2. The molecular weight excluding hydrogens is 288 g/mol. The van der Waals surface area contributed by atoms with Gasteiger partial charge in [-0.2, -0.15) is 0 Å². The maximum absolute atomic E-state index is 11.9. The molecule has 0 fully saturated rings. The summed E-state index contributed by atoms with van der Waals surface area (Å²) >= 11 is 5.88. The van der Waals surface area contributed by atoms with Crippen LogP contribution in [-0.2, 0) is 10.0 Å². The van der Waals surface area contributed by atoms with Crippen LogP contribution in [0.2, 0.25) is 5.02 Å². The van der Waals surface area contributed by atoms with Crippen molar-refractivity contribution in [2.45, 2.75) is 26.3 Å². The minimum Gasteiger partial charge on any atom is -0.350 e. The summed E-state index contributed by atoms with van der Waals surface area (Å²) < 4.78 is 24.6. The third-order valence-electron chi connectivity index (χ3n) is 2.51. The Morgan fingerprint density at radius 1 is 1.42 bits per heavy atom. The van der Waals surface area contributed by atoms with Crippen LogP contribution in [0.3, 0.4) is 0 Å². The lowest BCUT2D eigenvalue weighted by Gasteiger charge is -2.13. The van der Waals surface area contributed by atoms with E-state index in [4.69, 9.17) is 11.6 Å². The van der Waals surface area contributed by atoms with Gasteiger partial charge < -0.3 is 5.32 Å². The van der Waals surface area contributed by atoms with Gasteiger partial charge in [0.1, 0.15) is 0 Å². The van der Waals surface area contributed by atoms with Gasteiger partial charge in [-0.25, -0.2) is 8.42 Å². The first-order valence-corrected chi connectivity index (χ1v) is 8.08. The molecule has 1 aromatic carbocycles. The number of carbonyl (C=O) groups is 1. The highest BCUT2D eigenvalue weighted by atomic mass is 35.5. The highest BCUT2D eigenvalue weighted by Gasteiger charge is 2.12. The maximum atomic E-state index is 11.9. The van der Waals surface area contributed by atoms with Crippen molar-refractivity contribution in [3.8, 4) is 0 Å². The summed E-state index contributed by atoms with van der Waals surface area (Å²) in [5.41, 5.74) is 0.553. The van der Waals surface area contributed by atoms with Crippen LogP contribution in [0, 0.1) is 0 Å². The Balaban J connectivity index is 2.99. The molecule has 7 heteroatoms. The molecule has 1 rings (SSSR count). The van der Waals surface area contributed by atoms with Gasteiger partial charge in [0.15, 0.2) is 0 Å². The van der Waals surface area contributed by atoms with E-state index < -0.39 is 10.0 Å². The average molecular weight is 305 g/mol. The van der Waals surface area contributed by atoms with E-state index in [2.05, 4.69) is 10.0 Å². The molecule has 2 N–H and O–H groups in total. The highest BCUT2D eigenvalue weighted by molar-refractivity contribution is 7.92. The van der Waals surface area contributed by atoms with Crippen LogP contribution < -0.4 is 10.0 Å². The van der Waals surface area contributed by atoms with Crippen molar-refractivity contribution >= 4 is 33.2 Å². The van der Waals surface area contributed by atoms with E-state index in [1.54, 1.807) is 6.07 Å². The largest absolute Gasteiger partial charge is 0.350 e. The van der Waals surface area contributed by atoms with E-state index >= 15 is 0 Å². The SMILES string of the molecule is CC[C@@H](C)NC(=O)c1ccc(Cl)c(NS(C)(=O)=O)c1. The number of benzene rings is 1. The molecular formula is C12H17ClN2O3S. The van der Waals surface area contributed by atoms with Gasteiger partial charge in [-0.1, -0.05) is 18.5 Å². The van der Waals surface area contributed by atoms with Crippen LogP contribution in [-0.4, -0.2) is 26.6 Å². The van der Waals surface area contributed by atoms with Gasteiger partial charge in [-0.05, 0) is 31.5 Å². The van der Waals surface area contributed by atoms with Gasteiger partial charge >= 0.3 is 0 Å². The fourth-order valence-corrected chi connectivity index (χ4v) is 2.14. The van der Waals surface area contributed by atoms with Crippen molar-refractivity contribution in [3.63, 3.8) is 0 Å². The molecule has 0 heterocycles. The van der Waals surface area contributed by atoms with E-state index in [1.165, 1.54) is 12.1 Å². The molecule has 1 amide bonds. The number of nitrogens with one attached hydrogen (secondary N) is 2. The summed E-state index contributed by atoms with van der Waals surface area (Å²) in [7, 11) is -3.44. The molecule has 0 aromatic heterocycles. The van der Waals surface area contributed by atoms with Crippen molar-refractivity contribution < 1.29 is 13.2 Å². The number of amides is 1. The second kappa shape index (κ2) is 6.25. The molecule has 1 aromatic rings. The second-order valence-corrected chi connectivity index (χ2v) is 6.51. The Morgan fingerprint density at radius 3 is 2.58 bits per heavy atom. The lowest BCUT2D eigenvalue weighted by atomic mass is 10.1. The highest BCUT2D eigenvalue weighted by Crippen LogP contribution is 2.23. The van der Waals surface area contributed by atoms with Gasteiger partial charge in [0.05, 0.1) is 17.0 Å². The van der Waals surface area contributed by atoms with Crippen LogP contribution in [0.1, 0.15) is 30.6 Å². The third-order valence-corrected chi connectivity index (χ3v) is 3.43. The van der Waals surface area contributed by atoms with Crippen molar-refractivity contribution in [1.29, 1.82) is 0 Å². The van der Waals surface area contributed by atoms with Crippen molar-refractivity contribution in [2.75, 3.05) is 11.0 Å². The first-order chi connectivity index (χ1) is 8.73. The number of rotatable bonds is 5. The molecule has 0 aliphatic rings. The monoisotopic (exact) mass is 304 g/mol. The van der Waals surface area contributed by atoms with Crippen molar-refractivity contribution in [3.05, 3.63) is 28.8 Å². The van der Waals surface area contributed by atoms with Gasteiger partial charge in [-0.15, -0.1) is 0 Å². The number of halogens is 1. The van der Waals surface area contributed by atoms with E-state index in [-0.39, 0.29) is 22.7 Å². The molecule has 1 atom stereocenters. The lowest BCUT2D eigenvalue weighted by Crippen LogP contribution is -2.31. The zero-order valence-corrected chi connectivity index (χ0v) is 12.6. The Labute approximate surface area is 118 Å². The summed E-state index contributed by atoms with van der Waals surface area (Å²) in [6.07, 6.45) is 1.84. The standard InChI is InChI=1S/C12H17ClN2O3S/c1-4-8(2)14-12(16)9-5-6-10(13)11(7-9)15-19(3,17)18/h5-8,15H,4H2,1-3H3,(H,14,16)/t8-/m1/s1. The average Bonchev–Trinajstić information content (AvgIpc) is 2.29. The second-order valence-electron chi connectivity index (χ2n) is 4.35. The Kier molecular flexibility index (Phi) is 5.20. The Morgan fingerprint density at radius 2 is 2.05 bits per heavy atom. The molecule has 0 aliphatic heterocycles. The van der Waals surface area contributed by atoms with E-state index in [9.17, 15) is 13.2 Å². The van der Waals surface area contributed by atoms with Gasteiger partial charge in [0.25, 0.3) is 5.91 Å². The molecule has 19 heavy (non-hydrogen) atoms. The predicted octanol–water partition coefficient (Wildman–Crippen LogP) is 2.24. The van der Waals surface area contributed by atoms with Crippen LogP contribution in [0.25, 0.3) is 0 Å². The first kappa shape index (κ1) is 15.8. The van der Waals surface area contributed by atoms with Crippen molar-refractivity contribution in [2.24, 2.45) is 0 Å². The fourth-order valence-electron chi connectivity index (χ4n) is 1.35. The first-order valence-electron chi connectivity index (χ1n) is 5.81. The fraction of sp³-hybridized carbons (Fsp3) is 0.417. The predicted molar refractivity (Wildman–Crippen MR) is 77.1 cm³/mol. The van der Waals surface area contributed by atoms with Gasteiger partial charge in [0, 0.05) is 11.6 Å². The zero-order valence-electron chi connectivity index (χ0n) is 11.0. The summed E-state index contributed by atoms with van der Waals surface area (Å²) in [6.45, 7) is 3.85. The minimum absolute atomic E-state index is 0.0505. The number of hydrogen-bond acceptors (Lipinski definition) is 3. The molecule has 0 spiro atoms. The molecule has 0 aliphatic carbocycles. The summed E-state index contributed by atoms with van der Waals surface area (Å²) in [5.74, 6) is -0.262. The summed E-state index contributed by atoms with van der Waals surface area (Å²) in [4.78, 5) is 11.9. The molecule has 0 unspecified atom stereocenters. The lowest BCUT2D eigenvalue weighted by molar-refractivity contribution is 0.0939. The van der Waals surface area contributed by atoms with Crippen molar-refractivity contribution in [1.82, 2.24) is 5.32 Å². The molecule has 5 nitrogen and oxygen atoms in total. The smallest absolute Gasteiger partial charge is 0.251 e. The Bertz CT molecular complexity index is 572. The zero-order chi connectivity index (χ0) is 14.6. The molecule has 0 bridgehead atoms. The minimum atomic E-state index is -3.44. The topological polar surface area (TPSA) is 75.3 Å². The van der Waals surface area contributed by atoms with Crippen LogP contribution in [0.15, 0.2) is 18.2 Å². The van der Waals surface area contributed by atoms with Gasteiger partial charge in [-0.3, -0.25) is 9.52 Å². The quantitative estimate of drug-likeness (QED) is 0.876. The maximum Gasteiger partial charge on any atom is 0.251 e. The molecule has 106 valence electrons. The summed E-state index contributed by atoms with van der Waals surface area (Å²) in [6, 6.07) is 4.50. The number of anilines is 1. The molecule has 0 saturated heterocycles. The molecule has 0 saturated carbocycles. The van der Waals surface area contributed by atoms with E-state index in [0.29, 0.717) is 5.56 Å². The van der Waals surface area contributed by atoms with Gasteiger partial charge in [0.2, 0.25) is 10.0 Å². The Hall–Kier alpha value is -1.27. The number of sulfonamides is 1.